The fraction of sp³-hybridized carbons (Fsp3) is 0.750. The van der Waals surface area contributed by atoms with Gasteiger partial charge in [-0.25, -0.2) is 0 Å². The molecule has 21 heavy (non-hydrogen) atoms. The quantitative estimate of drug-likeness (QED) is 0.578. The van der Waals surface area contributed by atoms with Crippen LogP contribution < -0.4 is 5.32 Å². The average molecular weight is 345 g/mol. The maximum absolute atomic E-state index is 6.81. The van der Waals surface area contributed by atoms with Gasteiger partial charge in [0, 0.05) is 41.6 Å². The van der Waals surface area contributed by atoms with Gasteiger partial charge in [-0.2, -0.15) is 0 Å². The van der Waals surface area contributed by atoms with Gasteiger partial charge in [-0.05, 0) is 24.8 Å². The van der Waals surface area contributed by atoms with Crippen LogP contribution in [0.2, 0.25) is 0 Å². The van der Waals surface area contributed by atoms with E-state index in [2.05, 4.69) is 29.3 Å². The van der Waals surface area contributed by atoms with Crippen LogP contribution in [0.3, 0.4) is 0 Å². The summed E-state index contributed by atoms with van der Waals surface area (Å²) in [4.78, 5) is 2.63. The summed E-state index contributed by atoms with van der Waals surface area (Å²) in [6.07, 6.45) is 8.13. The molecule has 0 aromatic heterocycles. The molecule has 0 saturated heterocycles. The Hall–Kier alpha value is 0.170. The van der Waals surface area contributed by atoms with Crippen molar-refractivity contribution >= 4 is 35.0 Å². The van der Waals surface area contributed by atoms with Crippen LogP contribution in [0, 0.1) is 5.41 Å². The first-order valence-electron chi connectivity index (χ1n) is 7.87. The van der Waals surface area contributed by atoms with Crippen LogP contribution in [0.4, 0.5) is 0 Å². The molecule has 3 heterocycles. The minimum absolute atomic E-state index is 0.0617. The second-order valence-corrected chi connectivity index (χ2v) is 8.75. The lowest BCUT2D eigenvalue weighted by Gasteiger charge is -2.59. The van der Waals surface area contributed by atoms with Gasteiger partial charge in [0.05, 0.1) is 10.6 Å². The van der Waals surface area contributed by atoms with E-state index in [0.29, 0.717) is 11.9 Å². The van der Waals surface area contributed by atoms with E-state index in [-0.39, 0.29) is 16.3 Å². The third kappa shape index (κ3) is 1.78. The monoisotopic (exact) mass is 344 g/mol. The number of hydrogen-bond acceptors (Lipinski definition) is 3. The number of nitrogens with one attached hydrogen (secondary N) is 1. The highest BCUT2D eigenvalue weighted by Gasteiger charge is 2.62. The Bertz CT molecular complexity index is 520. The summed E-state index contributed by atoms with van der Waals surface area (Å²) >= 11 is 15.3. The van der Waals surface area contributed by atoms with Crippen molar-refractivity contribution in [3.05, 3.63) is 22.8 Å². The zero-order chi connectivity index (χ0) is 14.7. The van der Waals surface area contributed by atoms with Crippen molar-refractivity contribution < 1.29 is 0 Å². The number of hydrogen-bond donors (Lipinski definition) is 1. The number of halogens is 2. The van der Waals surface area contributed by atoms with Gasteiger partial charge in [-0.15, -0.1) is 35.0 Å². The zero-order valence-corrected chi connectivity index (χ0v) is 14.7. The van der Waals surface area contributed by atoms with Crippen LogP contribution in [-0.2, 0) is 0 Å². The molecule has 3 aliphatic heterocycles. The van der Waals surface area contributed by atoms with E-state index in [4.69, 9.17) is 23.2 Å². The number of rotatable bonds is 1. The molecule has 116 valence electrons. The van der Waals surface area contributed by atoms with Gasteiger partial charge < -0.3 is 10.2 Å². The Labute approximate surface area is 141 Å². The van der Waals surface area contributed by atoms with Gasteiger partial charge in [-0.3, -0.25) is 0 Å². The van der Waals surface area contributed by atoms with Crippen molar-refractivity contribution in [2.24, 2.45) is 5.41 Å². The maximum Gasteiger partial charge on any atom is 0.0825 e. The van der Waals surface area contributed by atoms with E-state index in [9.17, 15) is 0 Å². The topological polar surface area (TPSA) is 15.3 Å². The van der Waals surface area contributed by atoms with Crippen molar-refractivity contribution in [2.75, 3.05) is 24.7 Å². The van der Waals surface area contributed by atoms with Crippen LogP contribution in [-0.4, -0.2) is 46.6 Å². The molecule has 5 heteroatoms. The molecule has 0 bridgehead atoms. The van der Waals surface area contributed by atoms with Crippen molar-refractivity contribution in [3.8, 4) is 0 Å². The molecule has 0 amide bonds. The predicted molar refractivity (Wildman–Crippen MR) is 92.2 cm³/mol. The summed E-state index contributed by atoms with van der Waals surface area (Å²) in [5.41, 5.74) is 1.42. The molecule has 1 N–H and O–H groups in total. The lowest BCUT2D eigenvalue weighted by Crippen LogP contribution is -2.70. The fourth-order valence-electron chi connectivity index (χ4n) is 4.74. The number of thioether (sulfide) groups is 1. The molecular weight excluding hydrogens is 323 g/mol. The molecule has 4 aliphatic rings. The van der Waals surface area contributed by atoms with Crippen LogP contribution in [0.5, 0.6) is 0 Å². The fourth-order valence-corrected chi connectivity index (χ4v) is 6.90. The summed E-state index contributed by atoms with van der Waals surface area (Å²) in [5.74, 6) is 1.82. The molecule has 4 unspecified atom stereocenters. The normalized spacial score (nSPS) is 45.4. The first-order chi connectivity index (χ1) is 10.1. The van der Waals surface area contributed by atoms with Gasteiger partial charge in [0.1, 0.15) is 0 Å². The Balaban J connectivity index is 1.88. The summed E-state index contributed by atoms with van der Waals surface area (Å²) in [7, 11) is 0. The third-order valence-electron chi connectivity index (χ3n) is 5.98. The molecule has 1 aliphatic carbocycles. The van der Waals surface area contributed by atoms with E-state index >= 15 is 0 Å². The number of nitrogens with zero attached hydrogens (tertiary/aromatic N) is 1. The standard InChI is InChI=1S/C16H22Cl2N2S/c1-15(10-17)12(18)3-4-13-16(15)6-2-7-20(16)14-11(9-19-13)5-8-21-14/h2,6,12-13,19H,3-5,7-10H2,1H3. The molecule has 0 aromatic carbocycles. The van der Waals surface area contributed by atoms with Gasteiger partial charge in [0.15, 0.2) is 0 Å². The molecular formula is C16H22Cl2N2S. The lowest BCUT2D eigenvalue weighted by molar-refractivity contribution is 0.0119. The van der Waals surface area contributed by atoms with E-state index in [1.807, 2.05) is 11.8 Å². The molecule has 2 nitrogen and oxygen atoms in total. The van der Waals surface area contributed by atoms with Gasteiger partial charge in [-0.1, -0.05) is 19.1 Å². The van der Waals surface area contributed by atoms with Crippen molar-refractivity contribution in [1.82, 2.24) is 10.2 Å². The predicted octanol–water partition coefficient (Wildman–Crippen LogP) is 3.56. The molecule has 4 rings (SSSR count). The van der Waals surface area contributed by atoms with Crippen LogP contribution in [0.1, 0.15) is 26.2 Å². The molecule has 1 spiro atoms. The minimum atomic E-state index is -0.107. The SMILES string of the molecule is CC1(CCl)C(Cl)CCC2NCC3=C(SCC3)N3CC=CC231. The Morgan fingerprint density at radius 2 is 2.33 bits per heavy atom. The van der Waals surface area contributed by atoms with Crippen LogP contribution >= 0.6 is 35.0 Å². The number of alkyl halides is 2. The highest BCUT2D eigenvalue weighted by molar-refractivity contribution is 8.03. The van der Waals surface area contributed by atoms with Gasteiger partial charge in [0.25, 0.3) is 0 Å². The smallest absolute Gasteiger partial charge is 0.0825 e. The summed E-state index contributed by atoms with van der Waals surface area (Å²) in [6.45, 7) is 4.32. The zero-order valence-electron chi connectivity index (χ0n) is 12.4. The number of fused-ring (bicyclic) bond motifs is 1. The second kappa shape index (κ2) is 5.09. The highest BCUT2D eigenvalue weighted by atomic mass is 35.5. The summed E-state index contributed by atoms with van der Waals surface area (Å²) < 4.78 is 0. The van der Waals surface area contributed by atoms with Crippen molar-refractivity contribution in [3.63, 3.8) is 0 Å². The molecule has 1 saturated carbocycles. The lowest BCUT2D eigenvalue weighted by atomic mass is 9.60. The van der Waals surface area contributed by atoms with E-state index in [1.54, 1.807) is 5.57 Å². The maximum atomic E-state index is 6.81. The highest BCUT2D eigenvalue weighted by Crippen LogP contribution is 2.57. The second-order valence-electron chi connectivity index (χ2n) is 6.87. The molecule has 4 atom stereocenters. The van der Waals surface area contributed by atoms with Gasteiger partial charge >= 0.3 is 0 Å². The first-order valence-corrected chi connectivity index (χ1v) is 9.83. The Morgan fingerprint density at radius 1 is 1.48 bits per heavy atom. The van der Waals surface area contributed by atoms with Crippen LogP contribution in [0.25, 0.3) is 0 Å². The van der Waals surface area contributed by atoms with Crippen molar-refractivity contribution in [1.29, 1.82) is 0 Å². The van der Waals surface area contributed by atoms with Gasteiger partial charge in [0.2, 0.25) is 0 Å². The Morgan fingerprint density at radius 3 is 3.14 bits per heavy atom. The van der Waals surface area contributed by atoms with Crippen molar-refractivity contribution in [2.45, 2.75) is 43.1 Å². The Kier molecular flexibility index (Phi) is 3.57. The molecule has 1 fully saturated rings. The van der Waals surface area contributed by atoms with Crippen LogP contribution in [0.15, 0.2) is 22.8 Å². The minimum Gasteiger partial charge on any atom is -0.351 e. The van der Waals surface area contributed by atoms with E-state index in [1.165, 1.54) is 17.2 Å². The molecule has 0 aromatic rings. The largest absolute Gasteiger partial charge is 0.351 e. The third-order valence-corrected chi connectivity index (χ3v) is 8.43. The molecule has 0 radical (unpaired) electrons. The summed E-state index contributed by atoms with van der Waals surface area (Å²) in [5, 5.41) is 5.47. The van der Waals surface area contributed by atoms with E-state index in [0.717, 1.165) is 25.9 Å². The average Bonchev–Trinajstić information content (AvgIpc) is 3.09. The summed E-state index contributed by atoms with van der Waals surface area (Å²) in [6, 6.07) is 0.446. The van der Waals surface area contributed by atoms with E-state index < -0.39 is 0 Å². The first kappa shape index (κ1) is 14.7.